The van der Waals surface area contributed by atoms with Crippen molar-refractivity contribution in [2.75, 3.05) is 13.7 Å². The normalized spacial score (nSPS) is 10.5. The molecule has 0 saturated carbocycles. The van der Waals surface area contributed by atoms with Gasteiger partial charge in [-0.25, -0.2) is 0 Å². The van der Waals surface area contributed by atoms with Crippen molar-refractivity contribution in [3.05, 3.63) is 35.4 Å². The van der Waals surface area contributed by atoms with E-state index in [0.29, 0.717) is 12.1 Å². The van der Waals surface area contributed by atoms with E-state index in [4.69, 9.17) is 10.5 Å². The van der Waals surface area contributed by atoms with Gasteiger partial charge in [-0.3, -0.25) is 4.79 Å². The summed E-state index contributed by atoms with van der Waals surface area (Å²) in [4.78, 5) is 10.6. The zero-order chi connectivity index (χ0) is 11.1. The number of hydrogen-bond acceptors (Lipinski definition) is 3. The van der Waals surface area contributed by atoms with Crippen molar-refractivity contribution in [2.45, 2.75) is 6.42 Å². The highest BCUT2D eigenvalue weighted by molar-refractivity contribution is 5.77. The van der Waals surface area contributed by atoms with Crippen LogP contribution in [-0.4, -0.2) is 19.9 Å². The van der Waals surface area contributed by atoms with Crippen molar-refractivity contribution in [1.82, 2.24) is 0 Å². The van der Waals surface area contributed by atoms with Gasteiger partial charge in [-0.15, -0.1) is 0 Å². The molecule has 0 spiro atoms. The van der Waals surface area contributed by atoms with Crippen LogP contribution < -0.4 is 10.5 Å². The average Bonchev–Trinajstić information content (AvgIpc) is 2.29. The molecule has 2 N–H and O–H groups in total. The van der Waals surface area contributed by atoms with Gasteiger partial charge < -0.3 is 10.5 Å². The molecule has 0 aliphatic rings. The zero-order valence-corrected chi connectivity index (χ0v) is 8.77. The van der Waals surface area contributed by atoms with E-state index in [0.717, 1.165) is 24.0 Å². The molecule has 0 bridgehead atoms. The lowest BCUT2D eigenvalue weighted by molar-refractivity contribution is 0.112. The highest BCUT2D eigenvalue weighted by Gasteiger charge is 2.00. The SMILES string of the molecule is COc1ccc(C=O)cc1C=CCCN. The van der Waals surface area contributed by atoms with E-state index in [-0.39, 0.29) is 0 Å². The second kappa shape index (κ2) is 5.98. The Labute approximate surface area is 89.5 Å². The number of carbonyl (C=O) groups excluding carboxylic acids is 1. The van der Waals surface area contributed by atoms with E-state index < -0.39 is 0 Å². The first-order chi connectivity index (χ1) is 7.31. The van der Waals surface area contributed by atoms with Gasteiger partial charge in [0.1, 0.15) is 12.0 Å². The molecule has 0 unspecified atom stereocenters. The fourth-order valence-electron chi connectivity index (χ4n) is 1.26. The topological polar surface area (TPSA) is 52.3 Å². The molecule has 0 saturated heterocycles. The molecule has 3 nitrogen and oxygen atoms in total. The predicted octanol–water partition coefficient (Wildman–Crippen LogP) is 1.87. The molecular formula is C12H15NO2. The van der Waals surface area contributed by atoms with Crippen molar-refractivity contribution >= 4 is 12.4 Å². The van der Waals surface area contributed by atoms with Gasteiger partial charge in [0.25, 0.3) is 0 Å². The molecular weight excluding hydrogens is 190 g/mol. The second-order valence-corrected chi connectivity index (χ2v) is 3.10. The molecule has 0 aromatic heterocycles. The third-order valence-corrected chi connectivity index (χ3v) is 2.02. The summed E-state index contributed by atoms with van der Waals surface area (Å²) in [7, 11) is 1.61. The van der Waals surface area contributed by atoms with Gasteiger partial charge in [0.2, 0.25) is 0 Å². The van der Waals surface area contributed by atoms with Gasteiger partial charge in [0.05, 0.1) is 7.11 Å². The minimum Gasteiger partial charge on any atom is -0.496 e. The predicted molar refractivity (Wildman–Crippen MR) is 61.1 cm³/mol. The van der Waals surface area contributed by atoms with Crippen LogP contribution in [0.3, 0.4) is 0 Å². The van der Waals surface area contributed by atoms with Crippen molar-refractivity contribution in [1.29, 1.82) is 0 Å². The van der Waals surface area contributed by atoms with Crippen molar-refractivity contribution < 1.29 is 9.53 Å². The third kappa shape index (κ3) is 3.22. The first kappa shape index (κ1) is 11.5. The summed E-state index contributed by atoms with van der Waals surface area (Å²) in [6.45, 7) is 0.617. The minimum atomic E-state index is 0.617. The number of carbonyl (C=O) groups is 1. The van der Waals surface area contributed by atoms with E-state index >= 15 is 0 Å². The Hall–Kier alpha value is -1.61. The summed E-state index contributed by atoms with van der Waals surface area (Å²) < 4.78 is 5.18. The monoisotopic (exact) mass is 205 g/mol. The molecule has 0 atom stereocenters. The van der Waals surface area contributed by atoms with Crippen LogP contribution in [0.2, 0.25) is 0 Å². The summed E-state index contributed by atoms with van der Waals surface area (Å²) in [6.07, 6.45) is 5.51. The Bertz CT molecular complexity index is 359. The van der Waals surface area contributed by atoms with Crippen LogP contribution in [0.1, 0.15) is 22.3 Å². The number of aldehydes is 1. The van der Waals surface area contributed by atoms with Gasteiger partial charge >= 0.3 is 0 Å². The van der Waals surface area contributed by atoms with E-state index in [9.17, 15) is 4.79 Å². The highest BCUT2D eigenvalue weighted by Crippen LogP contribution is 2.20. The molecule has 1 aromatic carbocycles. The maximum absolute atomic E-state index is 10.6. The standard InChI is InChI=1S/C12H15NO2/c1-15-12-6-5-10(9-14)8-11(12)4-2-3-7-13/h2,4-6,8-9H,3,7,13H2,1H3. The molecule has 1 rings (SSSR count). The van der Waals surface area contributed by atoms with Crippen LogP contribution in [0.4, 0.5) is 0 Å². The quantitative estimate of drug-likeness (QED) is 0.746. The molecule has 0 aliphatic carbocycles. The fraction of sp³-hybridized carbons (Fsp3) is 0.250. The maximum atomic E-state index is 10.6. The fourth-order valence-corrected chi connectivity index (χ4v) is 1.26. The van der Waals surface area contributed by atoms with Crippen molar-refractivity contribution in [3.63, 3.8) is 0 Å². The molecule has 1 aromatic rings. The summed E-state index contributed by atoms with van der Waals surface area (Å²) in [5, 5.41) is 0. The molecule has 80 valence electrons. The van der Waals surface area contributed by atoms with Crippen LogP contribution in [0.15, 0.2) is 24.3 Å². The Balaban J connectivity index is 2.95. The van der Waals surface area contributed by atoms with Crippen LogP contribution in [-0.2, 0) is 0 Å². The Kier molecular flexibility index (Phi) is 4.57. The second-order valence-electron chi connectivity index (χ2n) is 3.10. The lowest BCUT2D eigenvalue weighted by Gasteiger charge is -2.04. The first-order valence-corrected chi connectivity index (χ1v) is 4.81. The van der Waals surface area contributed by atoms with Gasteiger partial charge in [0.15, 0.2) is 0 Å². The first-order valence-electron chi connectivity index (χ1n) is 4.81. The maximum Gasteiger partial charge on any atom is 0.150 e. The third-order valence-electron chi connectivity index (χ3n) is 2.02. The summed E-state index contributed by atoms with van der Waals surface area (Å²) in [6, 6.07) is 5.30. The van der Waals surface area contributed by atoms with E-state index in [1.54, 1.807) is 25.3 Å². The Morgan fingerprint density at radius 1 is 1.47 bits per heavy atom. The van der Waals surface area contributed by atoms with E-state index in [2.05, 4.69) is 0 Å². The zero-order valence-electron chi connectivity index (χ0n) is 8.77. The van der Waals surface area contributed by atoms with Crippen molar-refractivity contribution in [2.24, 2.45) is 5.73 Å². The number of ether oxygens (including phenoxy) is 1. The summed E-state index contributed by atoms with van der Waals surface area (Å²) >= 11 is 0. The van der Waals surface area contributed by atoms with Crippen LogP contribution in [0.25, 0.3) is 6.08 Å². The lowest BCUT2D eigenvalue weighted by Crippen LogP contribution is -1.95. The number of benzene rings is 1. The molecule has 0 amide bonds. The van der Waals surface area contributed by atoms with Gasteiger partial charge in [0, 0.05) is 11.1 Å². The molecule has 0 aliphatic heterocycles. The molecule has 15 heavy (non-hydrogen) atoms. The van der Waals surface area contributed by atoms with Crippen LogP contribution in [0.5, 0.6) is 5.75 Å². The highest BCUT2D eigenvalue weighted by atomic mass is 16.5. The smallest absolute Gasteiger partial charge is 0.150 e. The van der Waals surface area contributed by atoms with Crippen molar-refractivity contribution in [3.8, 4) is 5.75 Å². The van der Waals surface area contributed by atoms with E-state index in [1.807, 2.05) is 12.2 Å². The number of nitrogens with two attached hydrogens (primary N) is 1. The average molecular weight is 205 g/mol. The number of hydrogen-bond donors (Lipinski definition) is 1. The number of rotatable bonds is 5. The Morgan fingerprint density at radius 2 is 2.27 bits per heavy atom. The van der Waals surface area contributed by atoms with Gasteiger partial charge in [-0.1, -0.05) is 12.2 Å². The molecule has 0 heterocycles. The van der Waals surface area contributed by atoms with Crippen LogP contribution in [0, 0.1) is 0 Å². The van der Waals surface area contributed by atoms with E-state index in [1.165, 1.54) is 0 Å². The largest absolute Gasteiger partial charge is 0.496 e. The summed E-state index contributed by atoms with van der Waals surface area (Å²) in [5.41, 5.74) is 6.92. The minimum absolute atomic E-state index is 0.617. The summed E-state index contributed by atoms with van der Waals surface area (Å²) in [5.74, 6) is 0.758. The number of methoxy groups -OCH3 is 1. The van der Waals surface area contributed by atoms with Gasteiger partial charge in [-0.2, -0.15) is 0 Å². The Morgan fingerprint density at radius 3 is 2.87 bits per heavy atom. The lowest BCUT2D eigenvalue weighted by atomic mass is 10.1. The van der Waals surface area contributed by atoms with Gasteiger partial charge in [-0.05, 0) is 31.2 Å². The molecule has 3 heteroatoms. The molecule has 0 fully saturated rings. The van der Waals surface area contributed by atoms with Crippen LogP contribution >= 0.6 is 0 Å². The molecule has 0 radical (unpaired) electrons.